The van der Waals surface area contributed by atoms with Gasteiger partial charge in [0.25, 0.3) is 0 Å². The molecule has 0 amide bonds. The Kier molecular flexibility index (Phi) is 2.52. The second-order valence-electron chi connectivity index (χ2n) is 4.97. The molecule has 0 radical (unpaired) electrons. The van der Waals surface area contributed by atoms with Crippen LogP contribution in [0.3, 0.4) is 0 Å². The Morgan fingerprint density at radius 3 is 2.82 bits per heavy atom. The monoisotopic (exact) mass is 227 g/mol. The van der Waals surface area contributed by atoms with Crippen molar-refractivity contribution in [2.45, 2.75) is 31.3 Å². The minimum Gasteiger partial charge on any atom is -0.386 e. The summed E-state index contributed by atoms with van der Waals surface area (Å²) in [6.07, 6.45) is 10.0. The predicted molar refractivity (Wildman–Crippen MR) is 70.8 cm³/mol. The van der Waals surface area contributed by atoms with Crippen LogP contribution in [0.15, 0.2) is 36.5 Å². The van der Waals surface area contributed by atoms with E-state index >= 15 is 0 Å². The molecule has 88 valence electrons. The number of aliphatic hydroxyl groups is 1. The fourth-order valence-corrected chi connectivity index (χ4v) is 2.58. The average Bonchev–Trinajstić information content (AvgIpc) is 2.95. The number of aromatic amines is 1. The summed E-state index contributed by atoms with van der Waals surface area (Å²) in [6, 6.07) is 8.36. The van der Waals surface area contributed by atoms with E-state index in [-0.39, 0.29) is 0 Å². The van der Waals surface area contributed by atoms with Gasteiger partial charge in [0.05, 0.1) is 5.60 Å². The zero-order valence-electron chi connectivity index (χ0n) is 9.82. The summed E-state index contributed by atoms with van der Waals surface area (Å²) in [5, 5.41) is 11.4. The van der Waals surface area contributed by atoms with E-state index in [0.717, 1.165) is 36.8 Å². The normalized spacial score (nSPS) is 19.4. The maximum Gasteiger partial charge on any atom is 0.0830 e. The van der Waals surface area contributed by atoms with Gasteiger partial charge in [-0.3, -0.25) is 0 Å². The molecule has 0 atom stereocenters. The zero-order valence-corrected chi connectivity index (χ0v) is 9.82. The number of hydrogen-bond acceptors (Lipinski definition) is 1. The lowest BCUT2D eigenvalue weighted by Gasteiger charge is -2.16. The Morgan fingerprint density at radius 2 is 2.00 bits per heavy atom. The molecule has 1 aromatic carbocycles. The van der Waals surface area contributed by atoms with Crippen LogP contribution in [-0.2, 0) is 0 Å². The fourth-order valence-electron chi connectivity index (χ4n) is 2.58. The van der Waals surface area contributed by atoms with Crippen LogP contribution in [0.1, 0.15) is 31.2 Å². The molecule has 2 heteroatoms. The highest BCUT2D eigenvalue weighted by Gasteiger charge is 2.27. The molecule has 1 heterocycles. The van der Waals surface area contributed by atoms with Crippen LogP contribution in [0.4, 0.5) is 0 Å². The molecule has 0 bridgehead atoms. The van der Waals surface area contributed by atoms with E-state index in [0.29, 0.717) is 0 Å². The van der Waals surface area contributed by atoms with Crippen molar-refractivity contribution in [2.75, 3.05) is 0 Å². The Balaban J connectivity index is 1.86. The van der Waals surface area contributed by atoms with Gasteiger partial charge in [0.15, 0.2) is 0 Å². The minimum atomic E-state index is -0.562. The fraction of sp³-hybridized carbons (Fsp3) is 0.333. The molecule has 0 saturated heterocycles. The van der Waals surface area contributed by atoms with E-state index in [1.165, 1.54) is 5.39 Å². The van der Waals surface area contributed by atoms with Crippen molar-refractivity contribution in [3.8, 4) is 0 Å². The number of benzene rings is 1. The highest BCUT2D eigenvalue weighted by Crippen LogP contribution is 2.31. The molecule has 1 aliphatic rings. The third kappa shape index (κ3) is 2.13. The summed E-state index contributed by atoms with van der Waals surface area (Å²) in [4.78, 5) is 3.18. The molecule has 0 aliphatic heterocycles. The van der Waals surface area contributed by atoms with E-state index in [9.17, 15) is 5.11 Å². The van der Waals surface area contributed by atoms with Crippen molar-refractivity contribution in [1.82, 2.24) is 4.98 Å². The van der Waals surface area contributed by atoms with Gasteiger partial charge in [0.2, 0.25) is 0 Å². The van der Waals surface area contributed by atoms with Crippen molar-refractivity contribution in [3.63, 3.8) is 0 Å². The lowest BCUT2D eigenvalue weighted by molar-refractivity contribution is 0.100. The van der Waals surface area contributed by atoms with Gasteiger partial charge in [-0.2, -0.15) is 0 Å². The molecule has 1 fully saturated rings. The third-order valence-corrected chi connectivity index (χ3v) is 3.63. The topological polar surface area (TPSA) is 36.0 Å². The van der Waals surface area contributed by atoms with Crippen molar-refractivity contribution in [3.05, 3.63) is 42.1 Å². The number of rotatable bonds is 2. The molecule has 1 aliphatic carbocycles. The molecule has 17 heavy (non-hydrogen) atoms. The van der Waals surface area contributed by atoms with Crippen LogP contribution in [0, 0.1) is 0 Å². The molecule has 2 nitrogen and oxygen atoms in total. The van der Waals surface area contributed by atoms with Gasteiger partial charge >= 0.3 is 0 Å². The van der Waals surface area contributed by atoms with Crippen LogP contribution in [0.25, 0.3) is 17.0 Å². The maximum atomic E-state index is 10.2. The second kappa shape index (κ2) is 4.04. The molecular formula is C15H17NO. The number of H-pyrrole nitrogens is 1. The van der Waals surface area contributed by atoms with Gasteiger partial charge in [-0.05, 0) is 42.0 Å². The van der Waals surface area contributed by atoms with Crippen molar-refractivity contribution in [1.29, 1.82) is 0 Å². The first-order chi connectivity index (χ1) is 8.25. The van der Waals surface area contributed by atoms with E-state index in [1.54, 1.807) is 0 Å². The number of hydrogen-bond donors (Lipinski definition) is 2. The number of aromatic nitrogens is 1. The number of nitrogens with one attached hydrogen (secondary N) is 1. The van der Waals surface area contributed by atoms with Crippen LogP contribution >= 0.6 is 0 Å². The SMILES string of the molecule is OC1(/C=C/c2ccc3[nH]ccc3c2)CCCC1. The lowest BCUT2D eigenvalue weighted by Crippen LogP contribution is -2.19. The van der Waals surface area contributed by atoms with Crippen LogP contribution < -0.4 is 0 Å². The first-order valence-corrected chi connectivity index (χ1v) is 6.24. The van der Waals surface area contributed by atoms with Gasteiger partial charge in [0.1, 0.15) is 0 Å². The zero-order chi connectivity index (χ0) is 11.7. The highest BCUT2D eigenvalue weighted by atomic mass is 16.3. The molecule has 3 rings (SSSR count). The minimum absolute atomic E-state index is 0.562. The Bertz CT molecular complexity index is 547. The molecule has 1 aromatic heterocycles. The van der Waals surface area contributed by atoms with Crippen molar-refractivity contribution >= 4 is 17.0 Å². The van der Waals surface area contributed by atoms with Gasteiger partial charge in [-0.25, -0.2) is 0 Å². The lowest BCUT2D eigenvalue weighted by atomic mass is 10.0. The van der Waals surface area contributed by atoms with Crippen LogP contribution in [0.5, 0.6) is 0 Å². The van der Waals surface area contributed by atoms with E-state index < -0.39 is 5.60 Å². The average molecular weight is 227 g/mol. The Morgan fingerprint density at radius 1 is 1.18 bits per heavy atom. The summed E-state index contributed by atoms with van der Waals surface area (Å²) < 4.78 is 0. The van der Waals surface area contributed by atoms with Gasteiger partial charge < -0.3 is 10.1 Å². The predicted octanol–water partition coefficient (Wildman–Crippen LogP) is 3.49. The summed E-state index contributed by atoms with van der Waals surface area (Å²) in [5.74, 6) is 0. The maximum absolute atomic E-state index is 10.2. The number of fused-ring (bicyclic) bond motifs is 1. The van der Waals surface area contributed by atoms with Gasteiger partial charge in [-0.1, -0.05) is 31.1 Å². The molecular weight excluding hydrogens is 210 g/mol. The van der Waals surface area contributed by atoms with Crippen LogP contribution in [-0.4, -0.2) is 15.7 Å². The molecule has 2 N–H and O–H groups in total. The third-order valence-electron chi connectivity index (χ3n) is 3.63. The Labute approximate surface area is 101 Å². The first kappa shape index (κ1) is 10.6. The molecule has 1 saturated carbocycles. The quantitative estimate of drug-likeness (QED) is 0.809. The molecule has 0 unspecified atom stereocenters. The van der Waals surface area contributed by atoms with Gasteiger partial charge in [-0.15, -0.1) is 0 Å². The summed E-state index contributed by atoms with van der Waals surface area (Å²) in [6.45, 7) is 0. The largest absolute Gasteiger partial charge is 0.386 e. The van der Waals surface area contributed by atoms with Gasteiger partial charge in [0, 0.05) is 11.7 Å². The first-order valence-electron chi connectivity index (χ1n) is 6.24. The highest BCUT2D eigenvalue weighted by molar-refractivity contribution is 5.81. The van der Waals surface area contributed by atoms with Crippen molar-refractivity contribution < 1.29 is 5.11 Å². The summed E-state index contributed by atoms with van der Waals surface area (Å²) in [7, 11) is 0. The molecule has 0 spiro atoms. The van der Waals surface area contributed by atoms with E-state index in [2.05, 4.69) is 29.2 Å². The van der Waals surface area contributed by atoms with E-state index in [4.69, 9.17) is 0 Å². The Hall–Kier alpha value is -1.54. The standard InChI is InChI=1S/C15H17NO/c17-15(7-1-2-8-15)9-5-12-3-4-14-13(11-12)6-10-16-14/h3-6,9-11,16-17H,1-2,7-8H2/b9-5+. The summed E-state index contributed by atoms with van der Waals surface area (Å²) >= 11 is 0. The van der Waals surface area contributed by atoms with Crippen LogP contribution in [0.2, 0.25) is 0 Å². The smallest absolute Gasteiger partial charge is 0.0830 e. The second-order valence-corrected chi connectivity index (χ2v) is 4.97. The summed E-state index contributed by atoms with van der Waals surface area (Å²) in [5.41, 5.74) is 1.74. The van der Waals surface area contributed by atoms with Crippen molar-refractivity contribution in [2.24, 2.45) is 0 Å². The molecule has 2 aromatic rings. The van der Waals surface area contributed by atoms with E-state index in [1.807, 2.05) is 18.3 Å².